The zero-order chi connectivity index (χ0) is 35.3. The maximum atomic E-state index is 6.24. The van der Waals surface area contributed by atoms with Crippen LogP contribution in [0.1, 0.15) is 0 Å². The number of hydrogen-bond donors (Lipinski definition) is 0. The second-order valence-electron chi connectivity index (χ2n) is 13.9. The lowest BCUT2D eigenvalue weighted by Crippen LogP contribution is -1.94. The van der Waals surface area contributed by atoms with E-state index in [1.165, 1.54) is 25.6 Å². The third-order valence-electron chi connectivity index (χ3n) is 10.8. The van der Waals surface area contributed by atoms with E-state index in [1.54, 1.807) is 0 Å². The van der Waals surface area contributed by atoms with Gasteiger partial charge in [0.05, 0.1) is 33.6 Å². The van der Waals surface area contributed by atoms with Gasteiger partial charge in [-0.3, -0.25) is 0 Å². The average Bonchev–Trinajstić information content (AvgIpc) is 3.81. The van der Waals surface area contributed by atoms with Gasteiger partial charge in [0.1, 0.15) is 11.2 Å². The molecule has 5 heteroatoms. The van der Waals surface area contributed by atoms with E-state index in [4.69, 9.17) is 19.4 Å². The van der Waals surface area contributed by atoms with Crippen LogP contribution in [0.25, 0.3) is 119 Å². The van der Waals surface area contributed by atoms with Crippen LogP contribution in [0.2, 0.25) is 0 Å². The molecule has 12 rings (SSSR count). The average molecular weight is 706 g/mol. The molecule has 0 atom stereocenters. The number of thiophene rings is 1. The van der Waals surface area contributed by atoms with E-state index in [9.17, 15) is 0 Å². The molecule has 0 radical (unpaired) electrons. The molecule has 5 heterocycles. The van der Waals surface area contributed by atoms with Crippen molar-refractivity contribution in [1.29, 1.82) is 0 Å². The fourth-order valence-corrected chi connectivity index (χ4v) is 9.53. The molecule has 250 valence electrons. The van der Waals surface area contributed by atoms with Gasteiger partial charge in [-0.2, -0.15) is 0 Å². The number of fused-ring (bicyclic) bond motifs is 13. The van der Waals surface area contributed by atoms with Crippen molar-refractivity contribution in [3.05, 3.63) is 164 Å². The molecule has 5 aromatic heterocycles. The second-order valence-corrected chi connectivity index (χ2v) is 15.0. The molecule has 4 nitrogen and oxygen atoms in total. The Hall–Kier alpha value is -6.95. The summed E-state index contributed by atoms with van der Waals surface area (Å²) in [6, 6.07) is 57.6. The van der Waals surface area contributed by atoms with Gasteiger partial charge in [-0.25, -0.2) is 15.0 Å². The third kappa shape index (κ3) is 4.33. The zero-order valence-corrected chi connectivity index (χ0v) is 29.6. The fourth-order valence-electron chi connectivity index (χ4n) is 8.30. The molecule has 7 aromatic carbocycles. The van der Waals surface area contributed by atoms with Crippen LogP contribution in [0.3, 0.4) is 0 Å². The van der Waals surface area contributed by atoms with Gasteiger partial charge in [-0.15, -0.1) is 11.3 Å². The SMILES string of the molecule is c1ccc(-c2ccc3ccc4ccc(-c5cc6c(-c7ccc8oc9ccccc9c8c7)nc7ccccc7c6c6c5sc5ccccc56)nc4c3n2)cc1. The molecule has 0 spiro atoms. The summed E-state index contributed by atoms with van der Waals surface area (Å²) in [5.41, 5.74) is 10.5. The minimum atomic E-state index is 0.869. The number of furan rings is 1. The third-order valence-corrected chi connectivity index (χ3v) is 12.0. The topological polar surface area (TPSA) is 51.8 Å². The first kappa shape index (κ1) is 29.6. The number of pyridine rings is 3. The highest BCUT2D eigenvalue weighted by Crippen LogP contribution is 2.48. The van der Waals surface area contributed by atoms with Crippen LogP contribution < -0.4 is 0 Å². The van der Waals surface area contributed by atoms with Crippen molar-refractivity contribution < 1.29 is 4.42 Å². The highest BCUT2D eigenvalue weighted by Gasteiger charge is 2.22. The first-order valence-corrected chi connectivity index (χ1v) is 18.9. The lowest BCUT2D eigenvalue weighted by Gasteiger charge is -2.15. The predicted molar refractivity (Wildman–Crippen MR) is 226 cm³/mol. The Labute approximate surface area is 312 Å². The van der Waals surface area contributed by atoms with Gasteiger partial charge >= 0.3 is 0 Å². The van der Waals surface area contributed by atoms with Crippen LogP contribution in [0.4, 0.5) is 0 Å². The first-order valence-electron chi connectivity index (χ1n) is 18.1. The van der Waals surface area contributed by atoms with Gasteiger partial charge in [0.25, 0.3) is 0 Å². The normalized spacial score (nSPS) is 12.1. The van der Waals surface area contributed by atoms with Crippen LogP contribution in [0.15, 0.2) is 168 Å². The summed E-state index contributed by atoms with van der Waals surface area (Å²) in [6.45, 7) is 0. The van der Waals surface area contributed by atoms with E-state index in [2.05, 4.69) is 146 Å². The molecule has 0 aliphatic rings. The number of para-hydroxylation sites is 2. The van der Waals surface area contributed by atoms with Gasteiger partial charge in [-0.1, -0.05) is 109 Å². The Morgan fingerprint density at radius 1 is 0.426 bits per heavy atom. The van der Waals surface area contributed by atoms with E-state index in [-0.39, 0.29) is 0 Å². The van der Waals surface area contributed by atoms with E-state index in [0.29, 0.717) is 0 Å². The van der Waals surface area contributed by atoms with Crippen LogP contribution in [-0.4, -0.2) is 15.0 Å². The lowest BCUT2D eigenvalue weighted by atomic mass is 9.92. The maximum absolute atomic E-state index is 6.24. The number of nitrogens with zero attached hydrogens (tertiary/aromatic N) is 3. The van der Waals surface area contributed by atoms with Crippen LogP contribution >= 0.6 is 11.3 Å². The molecule has 0 N–H and O–H groups in total. The molecule has 0 saturated carbocycles. The van der Waals surface area contributed by atoms with Crippen LogP contribution in [-0.2, 0) is 0 Å². The molecule has 12 aromatic rings. The van der Waals surface area contributed by atoms with Gasteiger partial charge < -0.3 is 4.42 Å². The summed E-state index contributed by atoms with van der Waals surface area (Å²) in [4.78, 5) is 16.1. The van der Waals surface area contributed by atoms with Crippen molar-refractivity contribution in [2.45, 2.75) is 0 Å². The summed E-state index contributed by atoms with van der Waals surface area (Å²) in [5.74, 6) is 0. The van der Waals surface area contributed by atoms with Crippen molar-refractivity contribution in [3.8, 4) is 33.8 Å². The molecule has 54 heavy (non-hydrogen) atoms. The molecule has 0 fully saturated rings. The minimum Gasteiger partial charge on any atom is -0.456 e. The number of aromatic nitrogens is 3. The maximum Gasteiger partial charge on any atom is 0.135 e. The van der Waals surface area contributed by atoms with Crippen LogP contribution in [0.5, 0.6) is 0 Å². The van der Waals surface area contributed by atoms with E-state index < -0.39 is 0 Å². The number of hydrogen-bond acceptors (Lipinski definition) is 5. The lowest BCUT2D eigenvalue weighted by molar-refractivity contribution is 0.669. The summed E-state index contributed by atoms with van der Waals surface area (Å²) in [6.07, 6.45) is 0. The molecule has 0 aliphatic carbocycles. The summed E-state index contributed by atoms with van der Waals surface area (Å²) in [5, 5.41) is 10.2. The highest BCUT2D eigenvalue weighted by molar-refractivity contribution is 7.26. The van der Waals surface area contributed by atoms with Gasteiger partial charge in [0.15, 0.2) is 0 Å². The molecule has 0 amide bonds. The minimum absolute atomic E-state index is 0.869. The van der Waals surface area contributed by atoms with Gasteiger partial charge in [-0.05, 0) is 54.6 Å². The Bertz CT molecular complexity index is 3510. The molecular formula is C49H27N3OS. The number of rotatable bonds is 3. The van der Waals surface area contributed by atoms with E-state index in [0.717, 1.165) is 93.8 Å². The Morgan fingerprint density at radius 2 is 1.09 bits per heavy atom. The monoisotopic (exact) mass is 705 g/mol. The van der Waals surface area contributed by atoms with Gasteiger partial charge in [0, 0.05) is 74.6 Å². The summed E-state index contributed by atoms with van der Waals surface area (Å²) < 4.78 is 8.70. The predicted octanol–water partition coefficient (Wildman–Crippen LogP) is 13.8. The fraction of sp³-hybridized carbons (Fsp3) is 0. The Balaban J connectivity index is 1.19. The molecule has 0 saturated heterocycles. The smallest absolute Gasteiger partial charge is 0.135 e. The zero-order valence-electron chi connectivity index (χ0n) is 28.7. The van der Waals surface area contributed by atoms with E-state index in [1.807, 2.05) is 29.5 Å². The molecule has 0 unspecified atom stereocenters. The number of benzene rings is 7. The van der Waals surface area contributed by atoms with E-state index >= 15 is 0 Å². The molecule has 0 bridgehead atoms. The van der Waals surface area contributed by atoms with Gasteiger partial charge in [0.2, 0.25) is 0 Å². The summed E-state index contributed by atoms with van der Waals surface area (Å²) >= 11 is 1.83. The standard InChI is InChI=1S/C49H27N3OS/c1-2-10-28(11-3-1)38-23-20-29-18-19-30-21-24-40(52-48(30)47(29)50-38)36-27-37-44(45-34-14-6-9-17-43(34)54-49(36)45)33-13-4-7-15-39(33)51-46(37)31-22-25-42-35(26-31)32-12-5-8-16-41(32)53-42/h1-27H. The van der Waals surface area contributed by atoms with Crippen molar-refractivity contribution >= 4 is 96.9 Å². The molecule has 0 aliphatic heterocycles. The van der Waals surface area contributed by atoms with Crippen molar-refractivity contribution in [3.63, 3.8) is 0 Å². The highest BCUT2D eigenvalue weighted by atomic mass is 32.1. The van der Waals surface area contributed by atoms with Crippen molar-refractivity contribution in [2.75, 3.05) is 0 Å². The quantitative estimate of drug-likeness (QED) is 0.172. The van der Waals surface area contributed by atoms with Crippen molar-refractivity contribution in [2.24, 2.45) is 0 Å². The summed E-state index contributed by atoms with van der Waals surface area (Å²) in [7, 11) is 0. The largest absolute Gasteiger partial charge is 0.456 e. The van der Waals surface area contributed by atoms with Crippen molar-refractivity contribution in [1.82, 2.24) is 15.0 Å². The molecular weight excluding hydrogens is 679 g/mol. The van der Waals surface area contributed by atoms with Crippen LogP contribution in [0, 0.1) is 0 Å². The first-order chi connectivity index (χ1) is 26.7. The Kier molecular flexibility index (Phi) is 6.18. The Morgan fingerprint density at radius 3 is 1.94 bits per heavy atom. The second kappa shape index (κ2) is 11.3.